The number of aromatic nitrogens is 2. The SMILES string of the molecule is N#Cc1ccc(NC(=O)C[C@H]2CC3C[C@H](c4ccnc5ccc(F)cc45)C[C@@H]3C2)cn1. The van der Waals surface area contributed by atoms with Gasteiger partial charge in [0.1, 0.15) is 17.6 Å². The number of rotatable bonds is 4. The smallest absolute Gasteiger partial charge is 0.224 e. The maximum absolute atomic E-state index is 13.8. The third-order valence-corrected chi connectivity index (χ3v) is 6.93. The third-order valence-electron chi connectivity index (χ3n) is 6.93. The third kappa shape index (κ3) is 4.00. The first kappa shape index (κ1) is 19.6. The van der Waals surface area contributed by atoms with Crippen molar-refractivity contribution in [3.05, 3.63) is 65.9 Å². The van der Waals surface area contributed by atoms with E-state index in [1.807, 2.05) is 18.3 Å². The summed E-state index contributed by atoms with van der Waals surface area (Å²) in [5.74, 6) is 1.86. The molecule has 2 heterocycles. The number of carbonyl (C=O) groups excluding carboxylic acids is 1. The van der Waals surface area contributed by atoms with Crippen LogP contribution in [0.5, 0.6) is 0 Å². The van der Waals surface area contributed by atoms with Gasteiger partial charge in [-0.3, -0.25) is 9.78 Å². The van der Waals surface area contributed by atoms with E-state index in [1.165, 1.54) is 17.8 Å². The van der Waals surface area contributed by atoms with Crippen molar-refractivity contribution in [2.45, 2.75) is 38.0 Å². The summed E-state index contributed by atoms with van der Waals surface area (Å²) in [6.07, 6.45) is 8.19. The lowest BCUT2D eigenvalue weighted by Crippen LogP contribution is -2.16. The van der Waals surface area contributed by atoms with Gasteiger partial charge in [-0.25, -0.2) is 9.37 Å². The quantitative estimate of drug-likeness (QED) is 0.637. The van der Waals surface area contributed by atoms with Crippen LogP contribution in [0.15, 0.2) is 48.8 Å². The Hall–Kier alpha value is -3.33. The van der Waals surface area contributed by atoms with Gasteiger partial charge < -0.3 is 5.32 Å². The zero-order chi connectivity index (χ0) is 21.4. The lowest BCUT2D eigenvalue weighted by molar-refractivity contribution is -0.117. The van der Waals surface area contributed by atoms with Gasteiger partial charge in [-0.1, -0.05) is 0 Å². The molecule has 6 heteroatoms. The second-order valence-electron chi connectivity index (χ2n) is 8.88. The number of nitriles is 1. The molecule has 2 aliphatic carbocycles. The van der Waals surface area contributed by atoms with E-state index in [2.05, 4.69) is 15.3 Å². The van der Waals surface area contributed by atoms with Crippen LogP contribution in [0.4, 0.5) is 10.1 Å². The van der Waals surface area contributed by atoms with Crippen LogP contribution in [-0.4, -0.2) is 15.9 Å². The summed E-state index contributed by atoms with van der Waals surface area (Å²) in [5, 5.41) is 12.6. The van der Waals surface area contributed by atoms with Crippen molar-refractivity contribution in [1.29, 1.82) is 5.26 Å². The fourth-order valence-electron chi connectivity index (χ4n) is 5.67. The summed E-state index contributed by atoms with van der Waals surface area (Å²) < 4.78 is 13.8. The highest BCUT2D eigenvalue weighted by molar-refractivity contribution is 5.90. The standard InChI is InChI=1S/C25H23FN4O/c26-19-1-4-24-23(12-19)22(5-6-28-24)18-10-16-7-15(8-17(16)11-18)9-25(31)30-21-3-2-20(13-27)29-14-21/h1-6,12,14-18H,7-11H2,(H,30,31)/t15-,16+,17?,18-/m1/s1. The molecule has 5 rings (SSSR count). The Morgan fingerprint density at radius 3 is 2.61 bits per heavy atom. The minimum Gasteiger partial charge on any atom is -0.325 e. The number of hydrogen-bond acceptors (Lipinski definition) is 4. The predicted molar refractivity (Wildman–Crippen MR) is 116 cm³/mol. The van der Waals surface area contributed by atoms with Crippen LogP contribution < -0.4 is 5.32 Å². The minimum atomic E-state index is -0.219. The summed E-state index contributed by atoms with van der Waals surface area (Å²) in [7, 11) is 0. The Bertz CT molecular complexity index is 1160. The first-order chi connectivity index (χ1) is 15.1. The Morgan fingerprint density at radius 1 is 1.10 bits per heavy atom. The van der Waals surface area contributed by atoms with Gasteiger partial charge in [0.25, 0.3) is 0 Å². The van der Waals surface area contributed by atoms with Gasteiger partial charge in [-0.15, -0.1) is 0 Å². The monoisotopic (exact) mass is 414 g/mol. The van der Waals surface area contributed by atoms with Crippen LogP contribution >= 0.6 is 0 Å². The van der Waals surface area contributed by atoms with Crippen LogP contribution in [0.3, 0.4) is 0 Å². The first-order valence-electron chi connectivity index (χ1n) is 10.8. The zero-order valence-corrected chi connectivity index (χ0v) is 17.1. The van der Waals surface area contributed by atoms with Crippen molar-refractivity contribution in [2.75, 3.05) is 5.32 Å². The highest BCUT2D eigenvalue weighted by Crippen LogP contribution is 2.53. The topological polar surface area (TPSA) is 78.7 Å². The van der Waals surface area contributed by atoms with Crippen molar-refractivity contribution in [2.24, 2.45) is 17.8 Å². The van der Waals surface area contributed by atoms with Gasteiger partial charge in [0.15, 0.2) is 0 Å². The summed E-state index contributed by atoms with van der Waals surface area (Å²) in [6.45, 7) is 0. The molecule has 1 N–H and O–H groups in total. The molecule has 1 amide bonds. The molecule has 1 aromatic carbocycles. The number of amides is 1. The normalized spacial score (nSPS) is 24.6. The van der Waals surface area contributed by atoms with Gasteiger partial charge in [-0.05, 0) is 91.3 Å². The molecule has 0 aliphatic heterocycles. The van der Waals surface area contributed by atoms with E-state index in [4.69, 9.17) is 5.26 Å². The van der Waals surface area contributed by atoms with E-state index < -0.39 is 0 Å². The summed E-state index contributed by atoms with van der Waals surface area (Å²) >= 11 is 0. The lowest BCUT2D eigenvalue weighted by atomic mass is 9.89. The molecule has 0 radical (unpaired) electrons. The highest BCUT2D eigenvalue weighted by Gasteiger charge is 2.42. The fourth-order valence-corrected chi connectivity index (χ4v) is 5.67. The minimum absolute atomic E-state index is 0.00336. The fraction of sp³-hybridized carbons (Fsp3) is 0.360. The molecule has 31 heavy (non-hydrogen) atoms. The maximum atomic E-state index is 13.8. The number of anilines is 1. The van der Waals surface area contributed by atoms with Gasteiger partial charge in [0, 0.05) is 18.0 Å². The molecule has 2 aromatic heterocycles. The van der Waals surface area contributed by atoms with E-state index in [0.717, 1.165) is 36.6 Å². The van der Waals surface area contributed by atoms with Crippen molar-refractivity contribution < 1.29 is 9.18 Å². The molecular formula is C25H23FN4O. The van der Waals surface area contributed by atoms with Crippen molar-refractivity contribution in [3.63, 3.8) is 0 Å². The molecule has 1 unspecified atom stereocenters. The van der Waals surface area contributed by atoms with Gasteiger partial charge in [0.05, 0.1) is 17.4 Å². The first-order valence-corrected chi connectivity index (χ1v) is 10.8. The molecule has 4 atom stereocenters. The lowest BCUT2D eigenvalue weighted by Gasteiger charge is -2.17. The molecule has 0 bridgehead atoms. The number of benzene rings is 1. The molecule has 3 aromatic rings. The van der Waals surface area contributed by atoms with E-state index in [0.29, 0.717) is 41.5 Å². The molecule has 2 aliphatic rings. The van der Waals surface area contributed by atoms with Crippen molar-refractivity contribution in [3.8, 4) is 6.07 Å². The summed E-state index contributed by atoms with van der Waals surface area (Å²) in [4.78, 5) is 20.8. The van der Waals surface area contributed by atoms with Gasteiger partial charge in [-0.2, -0.15) is 5.26 Å². The number of nitrogens with zero attached hydrogens (tertiary/aromatic N) is 3. The number of hydrogen-bond donors (Lipinski definition) is 1. The average Bonchev–Trinajstić information content (AvgIpc) is 3.32. The van der Waals surface area contributed by atoms with Crippen LogP contribution in [0.2, 0.25) is 0 Å². The van der Waals surface area contributed by atoms with E-state index in [1.54, 1.807) is 24.3 Å². The molecule has 2 saturated carbocycles. The van der Waals surface area contributed by atoms with Crippen LogP contribution in [-0.2, 0) is 4.79 Å². The van der Waals surface area contributed by atoms with Crippen LogP contribution in [0.25, 0.3) is 10.9 Å². The number of halogens is 1. The zero-order valence-electron chi connectivity index (χ0n) is 17.1. The van der Waals surface area contributed by atoms with Gasteiger partial charge >= 0.3 is 0 Å². The van der Waals surface area contributed by atoms with Crippen molar-refractivity contribution in [1.82, 2.24) is 9.97 Å². The van der Waals surface area contributed by atoms with Crippen LogP contribution in [0, 0.1) is 34.9 Å². The molecule has 0 spiro atoms. The Kier molecular flexibility index (Phi) is 5.11. The second kappa shape index (κ2) is 8.07. The number of carbonyl (C=O) groups is 1. The summed E-state index contributed by atoms with van der Waals surface area (Å²) in [6, 6.07) is 12.2. The van der Waals surface area contributed by atoms with E-state index in [9.17, 15) is 9.18 Å². The molecule has 5 nitrogen and oxygen atoms in total. The molecule has 2 fully saturated rings. The number of nitrogens with one attached hydrogen (secondary N) is 1. The van der Waals surface area contributed by atoms with Crippen LogP contribution in [0.1, 0.15) is 49.3 Å². The second-order valence-corrected chi connectivity index (χ2v) is 8.88. The Labute approximate surface area is 180 Å². The van der Waals surface area contributed by atoms with Crippen molar-refractivity contribution >= 4 is 22.5 Å². The number of fused-ring (bicyclic) bond motifs is 2. The molecule has 156 valence electrons. The van der Waals surface area contributed by atoms with E-state index in [-0.39, 0.29) is 11.7 Å². The predicted octanol–water partition coefficient (Wildman–Crippen LogP) is 5.19. The van der Waals surface area contributed by atoms with E-state index >= 15 is 0 Å². The highest BCUT2D eigenvalue weighted by atomic mass is 19.1. The average molecular weight is 414 g/mol. The Morgan fingerprint density at radius 2 is 1.90 bits per heavy atom. The Balaban J connectivity index is 1.20. The molecular weight excluding hydrogens is 391 g/mol. The maximum Gasteiger partial charge on any atom is 0.224 e. The molecule has 0 saturated heterocycles. The summed E-state index contributed by atoms with van der Waals surface area (Å²) in [5.41, 5.74) is 3.02. The number of pyridine rings is 2. The largest absolute Gasteiger partial charge is 0.325 e. The van der Waals surface area contributed by atoms with Gasteiger partial charge in [0.2, 0.25) is 5.91 Å².